The molecular formula is C61H58N3OPt-. The number of hydrogen-bond acceptors (Lipinski definition) is 3. The molecule has 5 heteroatoms. The molecule has 7 aromatic carbocycles. The van der Waals surface area contributed by atoms with Crippen LogP contribution in [0.5, 0.6) is 5.75 Å². The molecule has 0 saturated heterocycles. The maximum atomic E-state index is 12.5. The van der Waals surface area contributed by atoms with Crippen molar-refractivity contribution in [3.63, 3.8) is 0 Å². The number of pyridine rings is 1. The second-order valence-corrected chi connectivity index (χ2v) is 20.0. The molecule has 0 aliphatic rings. The molecule has 2 aromatic heterocycles. The minimum absolute atomic E-state index is 0. The van der Waals surface area contributed by atoms with Crippen LogP contribution in [0.4, 0.5) is 0 Å². The van der Waals surface area contributed by atoms with Gasteiger partial charge in [-0.2, -0.15) is 0 Å². The third kappa shape index (κ3) is 9.35. The summed E-state index contributed by atoms with van der Waals surface area (Å²) in [6.45, 7) is 19.9. The maximum Gasteiger partial charge on any atom is 0.148 e. The van der Waals surface area contributed by atoms with E-state index in [9.17, 15) is 5.11 Å². The van der Waals surface area contributed by atoms with E-state index >= 15 is 0 Å². The van der Waals surface area contributed by atoms with E-state index < -0.39 is 0 Å². The van der Waals surface area contributed by atoms with Crippen LogP contribution in [0.3, 0.4) is 0 Å². The zero-order valence-corrected chi connectivity index (χ0v) is 41.8. The Bertz CT molecular complexity index is 3170. The van der Waals surface area contributed by atoms with Gasteiger partial charge in [0.15, 0.2) is 0 Å². The van der Waals surface area contributed by atoms with Gasteiger partial charge in [-0.05, 0) is 99.4 Å². The van der Waals surface area contributed by atoms with Crippen LogP contribution in [0.2, 0.25) is 0 Å². The van der Waals surface area contributed by atoms with Gasteiger partial charge < -0.3 is 5.11 Å². The number of nitrogens with zero attached hydrogens (tertiary/aromatic N) is 3. The third-order valence-corrected chi connectivity index (χ3v) is 12.5. The summed E-state index contributed by atoms with van der Waals surface area (Å²) in [7, 11) is 0. The third-order valence-electron chi connectivity index (χ3n) is 12.5. The number of phenols is 1. The van der Waals surface area contributed by atoms with Crippen molar-refractivity contribution in [2.24, 2.45) is 5.92 Å². The molecule has 0 aliphatic carbocycles. The summed E-state index contributed by atoms with van der Waals surface area (Å²) in [5.74, 6) is 1.39. The van der Waals surface area contributed by atoms with Crippen molar-refractivity contribution in [3.05, 3.63) is 192 Å². The average molecular weight is 1040 g/mol. The molecular weight excluding hydrogens is 986 g/mol. The average Bonchev–Trinajstić information content (AvgIpc) is 3.68. The fourth-order valence-electron chi connectivity index (χ4n) is 8.95. The molecule has 0 saturated carbocycles. The van der Waals surface area contributed by atoms with Gasteiger partial charge in [-0.1, -0.05) is 193 Å². The molecule has 0 spiro atoms. The van der Waals surface area contributed by atoms with E-state index in [1.807, 2.05) is 6.20 Å². The topological polar surface area (TPSA) is 50.9 Å². The fraction of sp³-hybridized carbons (Fsp3) is 0.213. The number of aromatic nitrogens is 3. The Morgan fingerprint density at radius 2 is 1.26 bits per heavy atom. The Balaban J connectivity index is 0.00000592. The number of para-hydroxylation sites is 1. The number of aryl methyl sites for hydroxylation is 1. The van der Waals surface area contributed by atoms with Crippen LogP contribution in [-0.4, -0.2) is 19.6 Å². The Kier molecular flexibility index (Phi) is 12.9. The summed E-state index contributed by atoms with van der Waals surface area (Å²) in [6, 6.07) is 59.9. The van der Waals surface area contributed by atoms with Crippen LogP contribution in [0.15, 0.2) is 164 Å². The van der Waals surface area contributed by atoms with Crippen molar-refractivity contribution < 1.29 is 26.2 Å². The predicted octanol–water partition coefficient (Wildman–Crippen LogP) is 16.0. The van der Waals surface area contributed by atoms with Crippen LogP contribution < -0.4 is 0 Å². The second kappa shape index (κ2) is 18.5. The standard InChI is InChI=1S/C61H58N3O.Pt/c1-39(2)31-46-35-50(27-28-51(46)43-19-14-11-15-20-43)64-56-22-16-21-52(57(56)63-59(64)53-37-49(60(4,5)6)38-54(58(53)65)61(7,8)9)47-32-45(41-17-12-10-13-18-41)33-48(34-47)55-36-44(29-30-62-55)42-25-23-40(3)24-26-42;/h10-30,32-33,35-39,65H,31H2,1-9H3;/q-1;. The summed E-state index contributed by atoms with van der Waals surface area (Å²) in [6.07, 6.45) is 2.80. The molecule has 0 fully saturated rings. The van der Waals surface area contributed by atoms with Crippen LogP contribution in [0, 0.1) is 18.9 Å². The van der Waals surface area contributed by atoms with E-state index in [1.165, 1.54) is 22.3 Å². The van der Waals surface area contributed by atoms with Gasteiger partial charge in [0.2, 0.25) is 0 Å². The maximum absolute atomic E-state index is 12.5. The van der Waals surface area contributed by atoms with E-state index in [1.54, 1.807) is 0 Å². The van der Waals surface area contributed by atoms with Crippen molar-refractivity contribution in [3.8, 4) is 78.6 Å². The van der Waals surface area contributed by atoms with Gasteiger partial charge in [-0.25, -0.2) is 4.98 Å². The fourth-order valence-corrected chi connectivity index (χ4v) is 8.95. The van der Waals surface area contributed by atoms with Crippen LogP contribution in [0.25, 0.3) is 83.9 Å². The van der Waals surface area contributed by atoms with Crippen molar-refractivity contribution in [1.82, 2.24) is 14.5 Å². The summed E-state index contributed by atoms with van der Waals surface area (Å²) in [5, 5.41) is 12.5. The Labute approximate surface area is 405 Å². The minimum atomic E-state index is -0.322. The van der Waals surface area contributed by atoms with Gasteiger partial charge >= 0.3 is 0 Å². The van der Waals surface area contributed by atoms with Gasteiger partial charge in [-0.3, -0.25) is 9.55 Å². The number of aromatic hydroxyl groups is 1. The molecule has 66 heavy (non-hydrogen) atoms. The minimum Gasteiger partial charge on any atom is -0.507 e. The van der Waals surface area contributed by atoms with Crippen molar-refractivity contribution >= 4 is 11.0 Å². The summed E-state index contributed by atoms with van der Waals surface area (Å²) in [4.78, 5) is 10.6. The molecule has 9 aromatic rings. The number of imidazole rings is 1. The Hall–Kier alpha value is -6.35. The van der Waals surface area contributed by atoms with E-state index in [4.69, 9.17) is 9.97 Å². The second-order valence-electron chi connectivity index (χ2n) is 20.0. The first-order chi connectivity index (χ1) is 31.1. The van der Waals surface area contributed by atoms with Crippen LogP contribution in [0.1, 0.15) is 77.6 Å². The molecule has 9 rings (SSSR count). The molecule has 4 nitrogen and oxygen atoms in total. The van der Waals surface area contributed by atoms with Gasteiger partial charge in [0, 0.05) is 44.2 Å². The molecule has 0 amide bonds. The number of phenolic OH excluding ortho intramolecular Hbond substituents is 1. The van der Waals surface area contributed by atoms with Crippen LogP contribution in [-0.2, 0) is 38.3 Å². The monoisotopic (exact) mass is 1040 g/mol. The van der Waals surface area contributed by atoms with Crippen molar-refractivity contribution in [2.75, 3.05) is 0 Å². The van der Waals surface area contributed by atoms with E-state index in [0.717, 1.165) is 78.9 Å². The Morgan fingerprint density at radius 1 is 0.591 bits per heavy atom. The zero-order chi connectivity index (χ0) is 45.6. The molecule has 334 valence electrons. The SMILES string of the molecule is Cc1ccc(-c2ccnc(-c3[c-]c(-c4cccc5c4nc(-c4cc(C(C)(C)C)cc(C(C)(C)C)c4O)n5-c4ccc(-c5ccccc5)c(CC(C)C)c4)cc(-c4ccccc4)c3)c2)cc1.[Pt]. The normalized spacial score (nSPS) is 11.8. The molecule has 1 N–H and O–H groups in total. The zero-order valence-electron chi connectivity index (χ0n) is 39.5. The van der Waals surface area contributed by atoms with Gasteiger partial charge in [-0.15, -0.1) is 23.8 Å². The predicted molar refractivity (Wildman–Crippen MR) is 273 cm³/mol. The summed E-state index contributed by atoms with van der Waals surface area (Å²) < 4.78 is 2.26. The smallest absolute Gasteiger partial charge is 0.148 e. The molecule has 0 atom stereocenters. The van der Waals surface area contributed by atoms with Gasteiger partial charge in [0.25, 0.3) is 0 Å². The van der Waals surface area contributed by atoms with Crippen molar-refractivity contribution in [2.45, 2.75) is 79.6 Å². The largest absolute Gasteiger partial charge is 0.507 e. The molecule has 0 aliphatic heterocycles. The van der Waals surface area contributed by atoms with E-state index in [0.29, 0.717) is 17.3 Å². The first kappa shape index (κ1) is 46.2. The molecule has 0 bridgehead atoms. The number of hydrogen-bond donors (Lipinski definition) is 1. The summed E-state index contributed by atoms with van der Waals surface area (Å²) in [5.41, 5.74) is 17.9. The van der Waals surface area contributed by atoms with Crippen LogP contribution >= 0.6 is 0 Å². The van der Waals surface area contributed by atoms with Gasteiger partial charge in [0.05, 0.1) is 16.6 Å². The number of fused-ring (bicyclic) bond motifs is 1. The van der Waals surface area contributed by atoms with E-state index in [-0.39, 0.29) is 37.6 Å². The van der Waals surface area contributed by atoms with Gasteiger partial charge in [0.1, 0.15) is 11.6 Å². The number of rotatable bonds is 9. The molecule has 0 unspecified atom stereocenters. The molecule has 0 radical (unpaired) electrons. The van der Waals surface area contributed by atoms with Crippen molar-refractivity contribution in [1.29, 1.82) is 0 Å². The first-order valence-corrected chi connectivity index (χ1v) is 22.9. The summed E-state index contributed by atoms with van der Waals surface area (Å²) >= 11 is 0. The van der Waals surface area contributed by atoms with E-state index in [2.05, 4.69) is 231 Å². The first-order valence-electron chi connectivity index (χ1n) is 22.9. The Morgan fingerprint density at radius 3 is 1.92 bits per heavy atom. The molecule has 2 heterocycles. The quantitative estimate of drug-likeness (QED) is 0.147. The number of benzene rings is 7.